The average molecular weight is 324 g/mol. The minimum atomic E-state index is 0.286. The van der Waals surface area contributed by atoms with Crippen molar-refractivity contribution in [2.45, 2.75) is 38.3 Å². The topological polar surface area (TPSA) is 75.8 Å². The smallest absolute Gasteiger partial charge is 0.123 e. The predicted octanol–water partition coefficient (Wildman–Crippen LogP) is 2.62. The molecule has 4 rings (SSSR count). The van der Waals surface area contributed by atoms with Crippen LogP contribution in [0.2, 0.25) is 0 Å². The van der Waals surface area contributed by atoms with Crippen LogP contribution in [0, 0.1) is 0 Å². The summed E-state index contributed by atoms with van der Waals surface area (Å²) < 4.78 is 1.94. The van der Waals surface area contributed by atoms with Gasteiger partial charge in [-0.2, -0.15) is 0 Å². The van der Waals surface area contributed by atoms with Crippen molar-refractivity contribution in [2.24, 2.45) is 5.73 Å². The van der Waals surface area contributed by atoms with E-state index in [0.717, 1.165) is 37.1 Å². The van der Waals surface area contributed by atoms with Crippen molar-refractivity contribution >= 4 is 10.9 Å². The number of H-pyrrole nitrogens is 1. The molecule has 24 heavy (non-hydrogen) atoms. The molecule has 0 bridgehead atoms. The molecule has 0 radical (unpaired) electrons. The number of nitrogens with zero attached hydrogens (tertiary/aromatic N) is 4. The molecule has 3 aromatic rings. The van der Waals surface area contributed by atoms with E-state index in [-0.39, 0.29) is 6.04 Å². The molecule has 3 N–H and O–H groups in total. The van der Waals surface area contributed by atoms with E-state index in [1.165, 1.54) is 17.4 Å². The van der Waals surface area contributed by atoms with E-state index in [4.69, 9.17) is 5.73 Å². The lowest BCUT2D eigenvalue weighted by molar-refractivity contribution is 0.137. The molecule has 0 aliphatic carbocycles. The van der Waals surface area contributed by atoms with Gasteiger partial charge in [-0.1, -0.05) is 6.92 Å². The standard InChI is InChI=1S/C18H24N6/c1-2-6-23-7-5-13(19)8-18(23)16-10-20-17-4-3-14(9-15(16)17)24-11-21-22-12-24/h3-4,9-13,18,20H,2,5-8,19H2,1H3. The maximum absolute atomic E-state index is 6.28. The fourth-order valence-corrected chi connectivity index (χ4v) is 3.82. The van der Waals surface area contributed by atoms with Crippen LogP contribution in [0.25, 0.3) is 16.6 Å². The van der Waals surface area contributed by atoms with Crippen molar-refractivity contribution in [2.75, 3.05) is 13.1 Å². The van der Waals surface area contributed by atoms with E-state index in [9.17, 15) is 0 Å². The summed E-state index contributed by atoms with van der Waals surface area (Å²) in [6.07, 6.45) is 8.89. The number of nitrogens with one attached hydrogen (secondary N) is 1. The zero-order valence-electron chi connectivity index (χ0n) is 14.0. The number of piperidine rings is 1. The second-order valence-corrected chi connectivity index (χ2v) is 6.68. The van der Waals surface area contributed by atoms with Gasteiger partial charge in [-0.3, -0.25) is 9.47 Å². The largest absolute Gasteiger partial charge is 0.361 e. The first-order chi connectivity index (χ1) is 11.8. The van der Waals surface area contributed by atoms with Gasteiger partial charge in [0.1, 0.15) is 12.7 Å². The highest BCUT2D eigenvalue weighted by Gasteiger charge is 2.29. The van der Waals surface area contributed by atoms with Gasteiger partial charge < -0.3 is 10.7 Å². The summed E-state index contributed by atoms with van der Waals surface area (Å²) in [6, 6.07) is 7.10. The van der Waals surface area contributed by atoms with Gasteiger partial charge in [0.2, 0.25) is 0 Å². The maximum atomic E-state index is 6.28. The Labute approximate surface area is 141 Å². The number of hydrogen-bond acceptors (Lipinski definition) is 4. The third-order valence-electron chi connectivity index (χ3n) is 5.04. The molecular weight excluding hydrogens is 300 g/mol. The molecule has 2 atom stereocenters. The summed E-state index contributed by atoms with van der Waals surface area (Å²) in [6.45, 7) is 4.44. The number of rotatable bonds is 4. The average Bonchev–Trinajstić information content (AvgIpc) is 3.25. The molecule has 6 heteroatoms. The number of benzene rings is 1. The molecule has 0 amide bonds. The lowest BCUT2D eigenvalue weighted by atomic mass is 9.91. The Balaban J connectivity index is 1.76. The van der Waals surface area contributed by atoms with Crippen molar-refractivity contribution < 1.29 is 0 Å². The van der Waals surface area contributed by atoms with Crippen molar-refractivity contribution in [3.63, 3.8) is 0 Å². The minimum Gasteiger partial charge on any atom is -0.361 e. The van der Waals surface area contributed by atoms with Crippen LogP contribution in [0.4, 0.5) is 0 Å². The quantitative estimate of drug-likeness (QED) is 0.773. The first-order valence-corrected chi connectivity index (χ1v) is 8.72. The lowest BCUT2D eigenvalue weighted by Crippen LogP contribution is -2.42. The third kappa shape index (κ3) is 2.72. The Hall–Kier alpha value is -2.18. The molecule has 2 aromatic heterocycles. The third-order valence-corrected chi connectivity index (χ3v) is 5.04. The van der Waals surface area contributed by atoms with Gasteiger partial charge in [0.25, 0.3) is 0 Å². The molecule has 1 aliphatic heterocycles. The Bertz CT molecular complexity index is 806. The molecule has 2 unspecified atom stereocenters. The molecule has 1 aliphatic rings. The highest BCUT2D eigenvalue weighted by molar-refractivity contribution is 5.85. The normalized spacial score (nSPS) is 22.2. The molecule has 1 aromatic carbocycles. The number of aromatic nitrogens is 4. The van der Waals surface area contributed by atoms with Crippen LogP contribution in [0.3, 0.4) is 0 Å². The van der Waals surface area contributed by atoms with Gasteiger partial charge in [-0.05, 0) is 49.6 Å². The zero-order valence-corrected chi connectivity index (χ0v) is 14.0. The summed E-state index contributed by atoms with van der Waals surface area (Å²) in [4.78, 5) is 6.01. The number of hydrogen-bond donors (Lipinski definition) is 2. The molecule has 1 fully saturated rings. The minimum absolute atomic E-state index is 0.286. The van der Waals surface area contributed by atoms with Crippen LogP contribution in [-0.2, 0) is 0 Å². The molecule has 0 spiro atoms. The van der Waals surface area contributed by atoms with Crippen molar-refractivity contribution in [1.82, 2.24) is 24.6 Å². The van der Waals surface area contributed by atoms with Crippen LogP contribution in [0.5, 0.6) is 0 Å². The van der Waals surface area contributed by atoms with Crippen LogP contribution < -0.4 is 5.73 Å². The van der Waals surface area contributed by atoms with E-state index < -0.39 is 0 Å². The van der Waals surface area contributed by atoms with E-state index >= 15 is 0 Å². The first kappa shape index (κ1) is 15.4. The fraction of sp³-hybridized carbons (Fsp3) is 0.444. The van der Waals surface area contributed by atoms with Crippen LogP contribution in [0.1, 0.15) is 37.8 Å². The second-order valence-electron chi connectivity index (χ2n) is 6.68. The molecular formula is C18H24N6. The summed E-state index contributed by atoms with van der Waals surface area (Å²) in [7, 11) is 0. The lowest BCUT2D eigenvalue weighted by Gasteiger charge is -2.38. The van der Waals surface area contributed by atoms with Crippen LogP contribution in [0.15, 0.2) is 37.1 Å². The first-order valence-electron chi connectivity index (χ1n) is 8.72. The van der Waals surface area contributed by atoms with Crippen LogP contribution in [-0.4, -0.2) is 43.8 Å². The summed E-state index contributed by atoms with van der Waals surface area (Å²) in [5, 5.41) is 9.08. The molecule has 6 nitrogen and oxygen atoms in total. The number of fused-ring (bicyclic) bond motifs is 1. The Morgan fingerprint density at radius 1 is 1.29 bits per heavy atom. The van der Waals surface area contributed by atoms with Gasteiger partial charge in [0.05, 0.1) is 0 Å². The summed E-state index contributed by atoms with van der Waals surface area (Å²) >= 11 is 0. The number of aromatic amines is 1. The number of likely N-dealkylation sites (tertiary alicyclic amines) is 1. The van der Waals surface area contributed by atoms with Gasteiger partial charge in [-0.15, -0.1) is 10.2 Å². The molecule has 1 saturated heterocycles. The maximum Gasteiger partial charge on any atom is 0.123 e. The van der Waals surface area contributed by atoms with Gasteiger partial charge in [0, 0.05) is 41.4 Å². The Morgan fingerprint density at radius 2 is 2.12 bits per heavy atom. The molecule has 0 saturated carbocycles. The van der Waals surface area contributed by atoms with E-state index in [2.05, 4.69) is 51.4 Å². The van der Waals surface area contributed by atoms with Gasteiger partial charge >= 0.3 is 0 Å². The van der Waals surface area contributed by atoms with Crippen molar-refractivity contribution in [3.05, 3.63) is 42.6 Å². The number of nitrogens with two attached hydrogens (primary N) is 1. The monoisotopic (exact) mass is 324 g/mol. The van der Waals surface area contributed by atoms with Gasteiger partial charge in [-0.25, -0.2) is 0 Å². The van der Waals surface area contributed by atoms with Crippen molar-refractivity contribution in [3.8, 4) is 5.69 Å². The van der Waals surface area contributed by atoms with Crippen LogP contribution >= 0.6 is 0 Å². The SMILES string of the molecule is CCCN1CCC(N)CC1c1c[nH]c2ccc(-n3cnnc3)cc12. The predicted molar refractivity (Wildman–Crippen MR) is 95.0 cm³/mol. The summed E-state index contributed by atoms with van der Waals surface area (Å²) in [5.41, 5.74) is 9.88. The molecule has 3 heterocycles. The van der Waals surface area contributed by atoms with E-state index in [1.54, 1.807) is 12.7 Å². The Kier molecular flexibility index (Phi) is 4.08. The zero-order chi connectivity index (χ0) is 16.5. The van der Waals surface area contributed by atoms with Crippen molar-refractivity contribution in [1.29, 1.82) is 0 Å². The van der Waals surface area contributed by atoms with E-state index in [0.29, 0.717) is 6.04 Å². The second kappa shape index (κ2) is 6.37. The fourth-order valence-electron chi connectivity index (χ4n) is 3.82. The Morgan fingerprint density at radius 3 is 2.92 bits per heavy atom. The summed E-state index contributed by atoms with van der Waals surface area (Å²) in [5.74, 6) is 0. The highest BCUT2D eigenvalue weighted by atomic mass is 15.2. The highest BCUT2D eigenvalue weighted by Crippen LogP contribution is 2.35. The van der Waals surface area contributed by atoms with Gasteiger partial charge in [0.15, 0.2) is 0 Å². The molecule has 126 valence electrons. The van der Waals surface area contributed by atoms with E-state index in [1.807, 2.05) is 4.57 Å².